The Kier molecular flexibility index (Phi) is 4.75. The van der Waals surface area contributed by atoms with E-state index in [1.54, 1.807) is 0 Å². The number of carboxylic acids is 1. The van der Waals surface area contributed by atoms with Crippen molar-refractivity contribution in [3.05, 3.63) is 65.7 Å². The van der Waals surface area contributed by atoms with Crippen LogP contribution in [0.1, 0.15) is 22.3 Å². The monoisotopic (exact) mass is 304 g/mol. The van der Waals surface area contributed by atoms with Crippen LogP contribution in [-0.2, 0) is 16.3 Å². The number of aromatic carboxylic acids is 1. The van der Waals surface area contributed by atoms with Crippen molar-refractivity contribution < 1.29 is 18.3 Å². The molecule has 0 bridgehead atoms. The summed E-state index contributed by atoms with van der Waals surface area (Å²) in [7, 11) is -3.45. The van der Waals surface area contributed by atoms with E-state index < -0.39 is 15.8 Å². The predicted octanol–water partition coefficient (Wildman–Crippen LogP) is 2.79. The smallest absolute Gasteiger partial charge is 0.335 e. The molecule has 0 atom stereocenters. The van der Waals surface area contributed by atoms with Crippen molar-refractivity contribution in [2.24, 2.45) is 0 Å². The zero-order valence-electron chi connectivity index (χ0n) is 11.4. The van der Waals surface area contributed by atoms with Gasteiger partial charge in [0, 0.05) is 0 Å². The third-order valence-corrected chi connectivity index (χ3v) is 4.96. The lowest BCUT2D eigenvalue weighted by Gasteiger charge is -2.05. The molecule has 0 aliphatic heterocycles. The lowest BCUT2D eigenvalue weighted by atomic mass is 10.1. The fourth-order valence-electron chi connectivity index (χ4n) is 2.05. The lowest BCUT2D eigenvalue weighted by molar-refractivity contribution is 0.0696. The second kappa shape index (κ2) is 6.54. The van der Waals surface area contributed by atoms with Crippen LogP contribution in [0.3, 0.4) is 0 Å². The van der Waals surface area contributed by atoms with Crippen molar-refractivity contribution >= 4 is 15.8 Å². The van der Waals surface area contributed by atoms with Crippen molar-refractivity contribution in [2.45, 2.75) is 17.7 Å². The van der Waals surface area contributed by atoms with Crippen LogP contribution in [0.5, 0.6) is 0 Å². The van der Waals surface area contributed by atoms with Gasteiger partial charge in [0.25, 0.3) is 0 Å². The van der Waals surface area contributed by atoms with Crippen molar-refractivity contribution in [1.82, 2.24) is 0 Å². The van der Waals surface area contributed by atoms with Gasteiger partial charge in [0.1, 0.15) is 0 Å². The SMILES string of the molecule is O=C(O)c1cccc(S(=O)(=O)CCCc2ccccc2)c1. The van der Waals surface area contributed by atoms with Gasteiger partial charge in [0.2, 0.25) is 0 Å². The van der Waals surface area contributed by atoms with Gasteiger partial charge in [-0.05, 0) is 36.6 Å². The standard InChI is InChI=1S/C16H16O4S/c17-16(18)14-9-4-10-15(12-14)21(19,20)11-5-8-13-6-2-1-3-7-13/h1-4,6-7,9-10,12H,5,8,11H2,(H,17,18). The molecule has 0 fully saturated rings. The first kappa shape index (κ1) is 15.3. The first-order valence-electron chi connectivity index (χ1n) is 6.59. The highest BCUT2D eigenvalue weighted by molar-refractivity contribution is 7.91. The van der Waals surface area contributed by atoms with Crippen LogP contribution in [0.15, 0.2) is 59.5 Å². The van der Waals surface area contributed by atoms with Crippen LogP contribution in [0.4, 0.5) is 0 Å². The van der Waals surface area contributed by atoms with Crippen LogP contribution in [-0.4, -0.2) is 25.2 Å². The first-order valence-corrected chi connectivity index (χ1v) is 8.24. The molecule has 0 aromatic heterocycles. The third kappa shape index (κ3) is 4.16. The Bertz CT molecular complexity index is 721. The summed E-state index contributed by atoms with van der Waals surface area (Å²) in [5.41, 5.74) is 1.08. The van der Waals surface area contributed by atoms with Gasteiger partial charge in [-0.15, -0.1) is 0 Å². The molecular weight excluding hydrogens is 288 g/mol. The summed E-state index contributed by atoms with van der Waals surface area (Å²) in [6.07, 6.45) is 1.18. The fourth-order valence-corrected chi connectivity index (χ4v) is 3.40. The van der Waals surface area contributed by atoms with Gasteiger partial charge in [-0.1, -0.05) is 36.4 Å². The summed E-state index contributed by atoms with van der Waals surface area (Å²) in [4.78, 5) is 10.9. The van der Waals surface area contributed by atoms with Gasteiger partial charge in [-0.3, -0.25) is 0 Å². The summed E-state index contributed by atoms with van der Waals surface area (Å²) >= 11 is 0. The molecule has 0 saturated heterocycles. The minimum atomic E-state index is -3.45. The number of sulfone groups is 1. The van der Waals surface area contributed by atoms with E-state index >= 15 is 0 Å². The van der Waals surface area contributed by atoms with Crippen molar-refractivity contribution in [1.29, 1.82) is 0 Å². The van der Waals surface area contributed by atoms with E-state index in [-0.39, 0.29) is 16.2 Å². The molecule has 0 aliphatic rings. The highest BCUT2D eigenvalue weighted by Gasteiger charge is 2.16. The average Bonchev–Trinajstić information content (AvgIpc) is 2.48. The molecule has 0 amide bonds. The van der Waals surface area contributed by atoms with Crippen molar-refractivity contribution in [2.75, 3.05) is 5.75 Å². The van der Waals surface area contributed by atoms with Crippen molar-refractivity contribution in [3.8, 4) is 0 Å². The van der Waals surface area contributed by atoms with Gasteiger partial charge in [0.15, 0.2) is 9.84 Å². The maximum absolute atomic E-state index is 12.2. The van der Waals surface area contributed by atoms with E-state index in [4.69, 9.17) is 5.11 Å². The third-order valence-electron chi connectivity index (χ3n) is 3.16. The maximum Gasteiger partial charge on any atom is 0.335 e. The van der Waals surface area contributed by atoms with Crippen LogP contribution in [0.2, 0.25) is 0 Å². The fraction of sp³-hybridized carbons (Fsp3) is 0.188. The van der Waals surface area contributed by atoms with Crippen LogP contribution >= 0.6 is 0 Å². The number of benzene rings is 2. The minimum absolute atomic E-state index is 0.00493. The summed E-state index contributed by atoms with van der Waals surface area (Å²) < 4.78 is 24.4. The number of rotatable bonds is 6. The summed E-state index contributed by atoms with van der Waals surface area (Å²) in [6, 6.07) is 15.1. The van der Waals surface area contributed by atoms with Crippen molar-refractivity contribution in [3.63, 3.8) is 0 Å². The summed E-state index contributed by atoms with van der Waals surface area (Å²) in [5, 5.41) is 8.90. The molecule has 2 rings (SSSR count). The van der Waals surface area contributed by atoms with E-state index in [0.29, 0.717) is 12.8 Å². The quantitative estimate of drug-likeness (QED) is 0.890. The zero-order valence-corrected chi connectivity index (χ0v) is 12.2. The topological polar surface area (TPSA) is 71.4 Å². The molecule has 0 radical (unpaired) electrons. The Morgan fingerprint density at radius 1 is 1.00 bits per heavy atom. The molecule has 110 valence electrons. The Morgan fingerprint density at radius 2 is 1.71 bits per heavy atom. The molecule has 0 heterocycles. The van der Waals surface area contributed by atoms with E-state index in [9.17, 15) is 13.2 Å². The molecule has 2 aromatic carbocycles. The molecule has 4 nitrogen and oxygen atoms in total. The molecule has 0 spiro atoms. The Morgan fingerprint density at radius 3 is 2.38 bits per heavy atom. The van der Waals surface area contributed by atoms with E-state index in [1.807, 2.05) is 30.3 Å². The highest BCUT2D eigenvalue weighted by atomic mass is 32.2. The zero-order chi connectivity index (χ0) is 15.3. The number of carbonyl (C=O) groups is 1. The van der Waals surface area contributed by atoms with Gasteiger partial charge in [-0.2, -0.15) is 0 Å². The molecular formula is C16H16O4S. The number of hydrogen-bond acceptors (Lipinski definition) is 3. The maximum atomic E-state index is 12.2. The number of hydrogen-bond donors (Lipinski definition) is 1. The van der Waals surface area contributed by atoms with Gasteiger partial charge >= 0.3 is 5.97 Å². The molecule has 0 aliphatic carbocycles. The predicted molar refractivity (Wildman–Crippen MR) is 80.2 cm³/mol. The largest absolute Gasteiger partial charge is 0.478 e. The molecule has 5 heteroatoms. The van der Waals surface area contributed by atoms with E-state index in [1.165, 1.54) is 24.3 Å². The molecule has 2 aromatic rings. The average molecular weight is 304 g/mol. The second-order valence-corrected chi connectivity index (χ2v) is 6.85. The van der Waals surface area contributed by atoms with Gasteiger partial charge in [-0.25, -0.2) is 13.2 Å². The van der Waals surface area contributed by atoms with E-state index in [2.05, 4.69) is 0 Å². The summed E-state index contributed by atoms with van der Waals surface area (Å²) in [5.74, 6) is -1.12. The highest BCUT2D eigenvalue weighted by Crippen LogP contribution is 2.15. The Labute approximate surface area is 124 Å². The minimum Gasteiger partial charge on any atom is -0.478 e. The Hall–Kier alpha value is -2.14. The lowest BCUT2D eigenvalue weighted by Crippen LogP contribution is -2.09. The molecule has 21 heavy (non-hydrogen) atoms. The Balaban J connectivity index is 2.05. The normalized spacial score (nSPS) is 11.2. The number of aryl methyl sites for hydroxylation is 1. The van der Waals surface area contributed by atoms with Crippen LogP contribution < -0.4 is 0 Å². The van der Waals surface area contributed by atoms with Crippen LogP contribution in [0, 0.1) is 0 Å². The number of carboxylic acid groups (broad SMARTS) is 1. The molecule has 0 unspecified atom stereocenters. The first-order chi connectivity index (χ1) is 9.99. The molecule has 1 N–H and O–H groups in total. The van der Waals surface area contributed by atoms with E-state index in [0.717, 1.165) is 5.56 Å². The second-order valence-electron chi connectivity index (χ2n) is 4.74. The molecule has 0 saturated carbocycles. The van der Waals surface area contributed by atoms with Gasteiger partial charge in [0.05, 0.1) is 16.2 Å². The van der Waals surface area contributed by atoms with Crippen LogP contribution in [0.25, 0.3) is 0 Å². The summed E-state index contributed by atoms with van der Waals surface area (Å²) in [6.45, 7) is 0. The van der Waals surface area contributed by atoms with Gasteiger partial charge < -0.3 is 5.11 Å².